The molecule has 50 heavy (non-hydrogen) atoms. The third-order valence-electron chi connectivity index (χ3n) is 11.4. The monoisotopic (exact) mass is 642 g/mol. The Morgan fingerprint density at radius 2 is 0.740 bits per heavy atom. The van der Waals surface area contributed by atoms with Gasteiger partial charge in [0.25, 0.3) is 0 Å². The van der Waals surface area contributed by atoms with Crippen LogP contribution in [0.3, 0.4) is 0 Å². The highest BCUT2D eigenvalue weighted by molar-refractivity contribution is 6.25. The van der Waals surface area contributed by atoms with Gasteiger partial charge in [-0.2, -0.15) is 0 Å². The molecule has 8 aromatic rings. The number of para-hydroxylation sites is 2. The number of aryl methyl sites for hydroxylation is 4. The molecular weight excluding hydrogens is 605 g/mol. The van der Waals surface area contributed by atoms with Gasteiger partial charge >= 0.3 is 0 Å². The van der Waals surface area contributed by atoms with Crippen LogP contribution in [0.25, 0.3) is 54.6 Å². The number of nitrogens with zero attached hydrogens (tertiary/aromatic N) is 2. The number of anilines is 4. The first kappa shape index (κ1) is 29.1. The fourth-order valence-corrected chi connectivity index (χ4v) is 8.87. The van der Waals surface area contributed by atoms with Crippen molar-refractivity contribution in [3.05, 3.63) is 168 Å². The van der Waals surface area contributed by atoms with Gasteiger partial charge < -0.3 is 9.80 Å². The van der Waals surface area contributed by atoms with Crippen LogP contribution in [0.1, 0.15) is 22.3 Å². The maximum absolute atomic E-state index is 2.45. The Labute approximate surface area is 293 Å². The van der Waals surface area contributed by atoms with Crippen LogP contribution in [0.4, 0.5) is 22.7 Å². The Morgan fingerprint density at radius 3 is 1.20 bits per heavy atom. The number of rotatable bonds is 2. The summed E-state index contributed by atoms with van der Waals surface area (Å²) >= 11 is 0. The minimum absolute atomic E-state index is 1.05. The zero-order valence-electron chi connectivity index (χ0n) is 28.6. The molecule has 2 aliphatic rings. The molecule has 0 fully saturated rings. The lowest BCUT2D eigenvalue weighted by molar-refractivity contribution is 0.978. The zero-order valence-corrected chi connectivity index (χ0v) is 28.6. The Balaban J connectivity index is 1.19. The summed E-state index contributed by atoms with van der Waals surface area (Å²) in [6.45, 7) is 0. The van der Waals surface area contributed by atoms with Gasteiger partial charge in [-0.25, -0.2) is 0 Å². The van der Waals surface area contributed by atoms with Crippen molar-refractivity contribution in [3.8, 4) is 22.3 Å². The van der Waals surface area contributed by atoms with E-state index in [-0.39, 0.29) is 0 Å². The quantitative estimate of drug-likeness (QED) is 0.173. The van der Waals surface area contributed by atoms with E-state index >= 15 is 0 Å². The van der Waals surface area contributed by atoms with E-state index in [0.717, 1.165) is 25.7 Å². The van der Waals surface area contributed by atoms with Crippen LogP contribution in [0.2, 0.25) is 0 Å². The van der Waals surface area contributed by atoms with Crippen LogP contribution in [0.5, 0.6) is 0 Å². The van der Waals surface area contributed by atoms with Gasteiger partial charge in [-0.05, 0) is 139 Å². The molecule has 0 N–H and O–H groups in total. The minimum atomic E-state index is 1.05. The maximum atomic E-state index is 2.45. The van der Waals surface area contributed by atoms with Crippen LogP contribution in [-0.2, 0) is 25.7 Å². The minimum Gasteiger partial charge on any atom is -0.344 e. The molecule has 0 aromatic heterocycles. The molecule has 10 rings (SSSR count). The summed E-state index contributed by atoms with van der Waals surface area (Å²) in [5.74, 6) is 0. The first-order valence-corrected chi connectivity index (χ1v) is 17.9. The molecule has 0 amide bonds. The molecule has 0 radical (unpaired) electrons. The summed E-state index contributed by atoms with van der Waals surface area (Å²) in [4.78, 5) is 4.79. The van der Waals surface area contributed by atoms with Crippen molar-refractivity contribution in [1.29, 1.82) is 0 Å². The van der Waals surface area contributed by atoms with Crippen LogP contribution in [-0.4, -0.2) is 14.1 Å². The average Bonchev–Trinajstić information content (AvgIpc) is 3.41. The zero-order chi connectivity index (χ0) is 33.3. The first-order valence-electron chi connectivity index (χ1n) is 17.9. The first-order chi connectivity index (χ1) is 24.6. The Bertz CT molecular complexity index is 2470. The summed E-state index contributed by atoms with van der Waals surface area (Å²) in [6.07, 6.45) is 4.22. The summed E-state index contributed by atoms with van der Waals surface area (Å²) < 4.78 is 0. The second-order valence-electron chi connectivity index (χ2n) is 14.1. The molecule has 0 spiro atoms. The lowest BCUT2D eigenvalue weighted by Gasteiger charge is -2.23. The van der Waals surface area contributed by atoms with Gasteiger partial charge in [0.15, 0.2) is 0 Å². The molecule has 0 saturated carbocycles. The number of fused-ring (bicyclic) bond motifs is 9. The largest absolute Gasteiger partial charge is 0.344 e. The molecule has 0 aliphatic carbocycles. The molecule has 240 valence electrons. The highest BCUT2D eigenvalue weighted by Gasteiger charge is 2.22. The molecular formula is C48H38N2. The van der Waals surface area contributed by atoms with Gasteiger partial charge in [-0.1, -0.05) is 109 Å². The fourth-order valence-electron chi connectivity index (χ4n) is 8.87. The molecule has 0 bridgehead atoms. The molecule has 2 heteroatoms. The SMILES string of the molecule is CN1c2ccccc2CCc2ccc(-c3cc4cc(-c5ccc6c(c5)N(C)c5ccccc5CC6)c5ccccc5c4c4ccccc34)cc21. The highest BCUT2D eigenvalue weighted by Crippen LogP contribution is 2.45. The number of benzene rings is 8. The molecule has 2 aliphatic heterocycles. The average molecular weight is 643 g/mol. The van der Waals surface area contributed by atoms with Crippen LogP contribution in [0.15, 0.2) is 146 Å². The van der Waals surface area contributed by atoms with E-state index in [0.29, 0.717) is 0 Å². The van der Waals surface area contributed by atoms with Crippen LogP contribution >= 0.6 is 0 Å². The van der Waals surface area contributed by atoms with Crippen molar-refractivity contribution < 1.29 is 0 Å². The van der Waals surface area contributed by atoms with Gasteiger partial charge in [0, 0.05) is 36.8 Å². The second kappa shape index (κ2) is 11.4. The Hall–Kier alpha value is -5.86. The van der Waals surface area contributed by atoms with Crippen molar-refractivity contribution in [2.45, 2.75) is 25.7 Å². The lowest BCUT2D eigenvalue weighted by atomic mass is 9.87. The second-order valence-corrected chi connectivity index (χ2v) is 14.1. The Morgan fingerprint density at radius 1 is 0.360 bits per heavy atom. The van der Waals surface area contributed by atoms with E-state index < -0.39 is 0 Å². The van der Waals surface area contributed by atoms with Crippen molar-refractivity contribution in [3.63, 3.8) is 0 Å². The third kappa shape index (κ3) is 4.48. The summed E-state index contributed by atoms with van der Waals surface area (Å²) in [5, 5.41) is 7.78. The smallest absolute Gasteiger partial charge is 0.0447 e. The number of hydrogen-bond donors (Lipinski definition) is 0. The summed E-state index contributed by atoms with van der Waals surface area (Å²) in [7, 11) is 4.44. The molecule has 0 atom stereocenters. The van der Waals surface area contributed by atoms with E-state index in [4.69, 9.17) is 0 Å². The fraction of sp³-hybridized carbons (Fsp3) is 0.125. The normalized spacial score (nSPS) is 13.8. The van der Waals surface area contributed by atoms with Gasteiger partial charge in [0.05, 0.1) is 0 Å². The molecule has 2 heterocycles. The van der Waals surface area contributed by atoms with Crippen molar-refractivity contribution in [1.82, 2.24) is 0 Å². The summed E-state index contributed by atoms with van der Waals surface area (Å²) in [5.41, 5.74) is 15.9. The lowest BCUT2D eigenvalue weighted by Crippen LogP contribution is -2.11. The predicted octanol–water partition coefficient (Wildman–Crippen LogP) is 12.2. The van der Waals surface area contributed by atoms with E-state index in [1.807, 2.05) is 0 Å². The van der Waals surface area contributed by atoms with Crippen LogP contribution < -0.4 is 9.80 Å². The van der Waals surface area contributed by atoms with Gasteiger partial charge in [-0.15, -0.1) is 0 Å². The maximum Gasteiger partial charge on any atom is 0.0447 e. The van der Waals surface area contributed by atoms with Crippen LogP contribution in [0, 0.1) is 0 Å². The predicted molar refractivity (Wildman–Crippen MR) is 214 cm³/mol. The van der Waals surface area contributed by atoms with E-state index in [1.54, 1.807) is 0 Å². The molecule has 0 saturated heterocycles. The Kier molecular flexibility index (Phi) is 6.61. The standard InChI is InChI=1S/C48H38N2/c1-49-44-17-9-3-11-31(44)19-21-33-23-25-35(29-46(33)49)42-27-37-28-43(39-14-6-8-16-41(39)48(37)40-15-7-5-13-38(40)42)36-26-24-34-22-20-32-12-4-10-18-45(32)50(2)47(34)30-36/h3-18,23-30H,19-22H2,1-2H3. The molecule has 2 nitrogen and oxygen atoms in total. The van der Waals surface area contributed by atoms with Crippen molar-refractivity contribution >= 4 is 55.1 Å². The van der Waals surface area contributed by atoms with E-state index in [9.17, 15) is 0 Å². The third-order valence-corrected chi connectivity index (χ3v) is 11.4. The van der Waals surface area contributed by atoms with E-state index in [2.05, 4.69) is 169 Å². The van der Waals surface area contributed by atoms with Crippen molar-refractivity contribution in [2.24, 2.45) is 0 Å². The van der Waals surface area contributed by atoms with Gasteiger partial charge in [0.2, 0.25) is 0 Å². The molecule has 8 aromatic carbocycles. The van der Waals surface area contributed by atoms with Gasteiger partial charge in [-0.3, -0.25) is 0 Å². The van der Waals surface area contributed by atoms with E-state index in [1.165, 1.54) is 99.6 Å². The topological polar surface area (TPSA) is 6.48 Å². The van der Waals surface area contributed by atoms with Gasteiger partial charge in [0.1, 0.15) is 0 Å². The highest BCUT2D eigenvalue weighted by atomic mass is 15.1. The summed E-state index contributed by atoms with van der Waals surface area (Å²) in [6, 6.07) is 54.9. The van der Waals surface area contributed by atoms with Crippen molar-refractivity contribution in [2.75, 3.05) is 23.9 Å². The molecule has 0 unspecified atom stereocenters. The number of hydrogen-bond acceptors (Lipinski definition) is 2.